The predicted octanol–water partition coefficient (Wildman–Crippen LogP) is 2.92. The predicted molar refractivity (Wildman–Crippen MR) is 92.5 cm³/mol. The molecule has 0 spiro atoms. The fraction of sp³-hybridized carbons (Fsp3) is 0.167. The smallest absolute Gasteiger partial charge is 0.336 e. The van der Waals surface area contributed by atoms with Gasteiger partial charge in [-0.15, -0.1) is 0 Å². The number of aliphatic carboxylic acids is 1. The van der Waals surface area contributed by atoms with Gasteiger partial charge in [-0.1, -0.05) is 12.1 Å². The van der Waals surface area contributed by atoms with Gasteiger partial charge in [0.25, 0.3) is 0 Å². The van der Waals surface area contributed by atoms with Crippen molar-refractivity contribution in [2.45, 2.75) is 0 Å². The minimum atomic E-state index is -1.06. The molecular weight excluding hydrogens is 310 g/mol. The largest absolute Gasteiger partial charge is 0.496 e. The maximum atomic E-state index is 11.7. The van der Waals surface area contributed by atoms with Gasteiger partial charge >= 0.3 is 5.97 Å². The lowest BCUT2D eigenvalue weighted by atomic mass is 10.0. The summed E-state index contributed by atoms with van der Waals surface area (Å²) in [6.07, 6.45) is 1.52. The SMILES string of the molecule is COc1cc(OC)c(OC)cc1/C=C(\C(=O)O)c1ccc(N)cc1. The first kappa shape index (κ1) is 17.2. The number of carbonyl (C=O) groups is 1. The number of anilines is 1. The van der Waals surface area contributed by atoms with Gasteiger partial charge in [-0.3, -0.25) is 0 Å². The Hall–Kier alpha value is -3.15. The van der Waals surface area contributed by atoms with E-state index in [-0.39, 0.29) is 5.57 Å². The van der Waals surface area contributed by atoms with Crippen LogP contribution in [0, 0.1) is 0 Å². The van der Waals surface area contributed by atoms with Gasteiger partial charge in [-0.2, -0.15) is 0 Å². The number of hydrogen-bond donors (Lipinski definition) is 2. The normalized spacial score (nSPS) is 11.0. The van der Waals surface area contributed by atoms with Gasteiger partial charge in [-0.05, 0) is 29.8 Å². The van der Waals surface area contributed by atoms with Crippen molar-refractivity contribution < 1.29 is 24.1 Å². The zero-order chi connectivity index (χ0) is 17.7. The van der Waals surface area contributed by atoms with E-state index in [4.69, 9.17) is 19.9 Å². The van der Waals surface area contributed by atoms with Gasteiger partial charge in [0.2, 0.25) is 0 Å². The lowest BCUT2D eigenvalue weighted by molar-refractivity contribution is -0.130. The second-order valence-corrected chi connectivity index (χ2v) is 4.93. The van der Waals surface area contributed by atoms with Gasteiger partial charge in [-0.25, -0.2) is 4.79 Å². The molecule has 126 valence electrons. The molecule has 6 nitrogen and oxygen atoms in total. The lowest BCUT2D eigenvalue weighted by Gasteiger charge is -2.13. The van der Waals surface area contributed by atoms with Crippen molar-refractivity contribution in [3.63, 3.8) is 0 Å². The van der Waals surface area contributed by atoms with Crippen LogP contribution in [0.5, 0.6) is 17.2 Å². The first-order valence-electron chi connectivity index (χ1n) is 7.11. The first-order chi connectivity index (χ1) is 11.5. The van der Waals surface area contributed by atoms with Gasteiger partial charge in [0, 0.05) is 17.3 Å². The van der Waals surface area contributed by atoms with Gasteiger partial charge in [0.05, 0.1) is 26.9 Å². The number of carboxylic acids is 1. The third-order valence-corrected chi connectivity index (χ3v) is 3.49. The van der Waals surface area contributed by atoms with Gasteiger partial charge in [0.15, 0.2) is 11.5 Å². The standard InChI is InChI=1S/C18H19NO5/c1-22-15-10-17(24-3)16(23-2)9-12(15)8-14(18(20)21)11-4-6-13(19)7-5-11/h4-10H,19H2,1-3H3,(H,20,21)/b14-8-. The van der Waals surface area contributed by atoms with Gasteiger partial charge < -0.3 is 25.1 Å². The van der Waals surface area contributed by atoms with Crippen molar-refractivity contribution in [2.75, 3.05) is 27.1 Å². The molecule has 0 atom stereocenters. The van der Waals surface area contributed by atoms with Crippen LogP contribution in [0.15, 0.2) is 36.4 Å². The quantitative estimate of drug-likeness (QED) is 0.481. The van der Waals surface area contributed by atoms with Crippen LogP contribution in [0.1, 0.15) is 11.1 Å². The molecule has 2 aromatic carbocycles. The molecule has 2 rings (SSSR count). The lowest BCUT2D eigenvalue weighted by Crippen LogP contribution is -2.01. The van der Waals surface area contributed by atoms with Crippen LogP contribution in [-0.2, 0) is 4.79 Å². The number of methoxy groups -OCH3 is 3. The highest BCUT2D eigenvalue weighted by molar-refractivity contribution is 6.20. The topological polar surface area (TPSA) is 91.0 Å². The molecule has 0 fully saturated rings. The summed E-state index contributed by atoms with van der Waals surface area (Å²) in [5.74, 6) is 0.390. The molecule has 2 aromatic rings. The first-order valence-corrected chi connectivity index (χ1v) is 7.11. The molecule has 6 heteroatoms. The molecule has 0 saturated carbocycles. The number of carboxylic acid groups (broad SMARTS) is 1. The van der Waals surface area contributed by atoms with Crippen LogP contribution in [0.4, 0.5) is 5.69 Å². The molecule has 0 aromatic heterocycles. The summed E-state index contributed by atoms with van der Waals surface area (Å²) in [6.45, 7) is 0. The van der Waals surface area contributed by atoms with Crippen LogP contribution < -0.4 is 19.9 Å². The average molecular weight is 329 g/mol. The number of nitrogen functional groups attached to an aromatic ring is 1. The molecule has 0 radical (unpaired) electrons. The average Bonchev–Trinajstić information content (AvgIpc) is 2.59. The molecule has 24 heavy (non-hydrogen) atoms. The second-order valence-electron chi connectivity index (χ2n) is 4.93. The van der Waals surface area contributed by atoms with E-state index in [9.17, 15) is 9.90 Å². The summed E-state index contributed by atoms with van der Waals surface area (Å²) in [4.78, 5) is 11.7. The minimum Gasteiger partial charge on any atom is -0.496 e. The van der Waals surface area contributed by atoms with E-state index < -0.39 is 5.97 Å². The van der Waals surface area contributed by atoms with E-state index in [1.54, 1.807) is 36.4 Å². The molecular formula is C18H19NO5. The molecule has 0 bridgehead atoms. The summed E-state index contributed by atoms with van der Waals surface area (Å²) in [7, 11) is 4.53. The molecule has 0 saturated heterocycles. The van der Waals surface area contributed by atoms with E-state index in [1.165, 1.54) is 27.4 Å². The molecule has 0 aliphatic heterocycles. The van der Waals surface area contributed by atoms with E-state index >= 15 is 0 Å². The Labute approximate surface area is 140 Å². The second kappa shape index (κ2) is 7.41. The van der Waals surface area contributed by atoms with Crippen molar-refractivity contribution in [1.82, 2.24) is 0 Å². The third-order valence-electron chi connectivity index (χ3n) is 3.49. The molecule has 0 unspecified atom stereocenters. The highest BCUT2D eigenvalue weighted by Gasteiger charge is 2.15. The molecule has 3 N–H and O–H groups in total. The fourth-order valence-corrected chi connectivity index (χ4v) is 2.25. The van der Waals surface area contributed by atoms with E-state index in [0.29, 0.717) is 34.1 Å². The van der Waals surface area contributed by atoms with Crippen LogP contribution in [-0.4, -0.2) is 32.4 Å². The van der Waals surface area contributed by atoms with E-state index in [2.05, 4.69) is 0 Å². The number of hydrogen-bond acceptors (Lipinski definition) is 5. The molecule has 0 aliphatic carbocycles. The van der Waals surface area contributed by atoms with Crippen molar-refractivity contribution in [3.05, 3.63) is 47.5 Å². The maximum Gasteiger partial charge on any atom is 0.336 e. The Balaban J connectivity index is 2.60. The number of ether oxygens (including phenoxy) is 3. The van der Waals surface area contributed by atoms with Crippen LogP contribution >= 0.6 is 0 Å². The molecule has 0 heterocycles. The van der Waals surface area contributed by atoms with Crippen molar-refractivity contribution in [1.29, 1.82) is 0 Å². The maximum absolute atomic E-state index is 11.7. The summed E-state index contributed by atoms with van der Waals surface area (Å²) >= 11 is 0. The van der Waals surface area contributed by atoms with Crippen LogP contribution in [0.2, 0.25) is 0 Å². The van der Waals surface area contributed by atoms with Crippen molar-refractivity contribution in [2.24, 2.45) is 0 Å². The van der Waals surface area contributed by atoms with Crippen LogP contribution in [0.3, 0.4) is 0 Å². The molecule has 0 amide bonds. The summed E-state index contributed by atoms with van der Waals surface area (Å²) in [6, 6.07) is 9.92. The third kappa shape index (κ3) is 3.60. The van der Waals surface area contributed by atoms with Crippen molar-refractivity contribution in [3.8, 4) is 17.2 Å². The Morgan fingerprint density at radius 1 is 0.958 bits per heavy atom. The fourth-order valence-electron chi connectivity index (χ4n) is 2.25. The highest BCUT2D eigenvalue weighted by atomic mass is 16.5. The summed E-state index contributed by atoms with van der Waals surface area (Å²) in [5, 5.41) is 9.55. The monoisotopic (exact) mass is 329 g/mol. The number of nitrogens with two attached hydrogens (primary N) is 1. The Morgan fingerprint density at radius 2 is 1.50 bits per heavy atom. The Morgan fingerprint density at radius 3 is 2.00 bits per heavy atom. The number of benzene rings is 2. The van der Waals surface area contributed by atoms with E-state index in [1.807, 2.05) is 0 Å². The summed E-state index contributed by atoms with van der Waals surface area (Å²) < 4.78 is 15.8. The van der Waals surface area contributed by atoms with Crippen molar-refractivity contribution >= 4 is 23.3 Å². The molecule has 0 aliphatic rings. The van der Waals surface area contributed by atoms with Gasteiger partial charge in [0.1, 0.15) is 5.75 Å². The van der Waals surface area contributed by atoms with E-state index in [0.717, 1.165) is 0 Å². The minimum absolute atomic E-state index is 0.112. The highest BCUT2D eigenvalue weighted by Crippen LogP contribution is 2.36. The zero-order valence-corrected chi connectivity index (χ0v) is 13.7. The van der Waals surface area contributed by atoms with Crippen LogP contribution in [0.25, 0.3) is 11.6 Å². The summed E-state index contributed by atoms with van der Waals surface area (Å²) in [5.41, 5.74) is 7.42. The number of rotatable bonds is 6. The Kier molecular flexibility index (Phi) is 5.31. The zero-order valence-electron chi connectivity index (χ0n) is 13.7. The Bertz CT molecular complexity index is 766.